The van der Waals surface area contributed by atoms with Gasteiger partial charge in [0.1, 0.15) is 0 Å². The summed E-state index contributed by atoms with van der Waals surface area (Å²) in [5, 5.41) is 3.00. The summed E-state index contributed by atoms with van der Waals surface area (Å²) < 4.78 is 1.20. The molecule has 1 rings (SSSR count). The molecule has 0 aromatic heterocycles. The highest BCUT2D eigenvalue weighted by molar-refractivity contribution is 14.1. The number of hydrogen-bond donors (Lipinski definition) is 1. The lowest BCUT2D eigenvalue weighted by Crippen LogP contribution is -2.26. The van der Waals surface area contributed by atoms with Crippen molar-refractivity contribution in [1.29, 1.82) is 0 Å². The van der Waals surface area contributed by atoms with Crippen LogP contribution in [-0.4, -0.2) is 16.9 Å². The highest BCUT2D eigenvalue weighted by atomic mass is 127. The Morgan fingerprint density at radius 1 is 1.18 bits per heavy atom. The van der Waals surface area contributed by atoms with E-state index in [4.69, 9.17) is 0 Å². The lowest BCUT2D eigenvalue weighted by molar-refractivity contribution is 0.0952. The van der Waals surface area contributed by atoms with Gasteiger partial charge < -0.3 is 5.32 Å². The molecule has 0 saturated carbocycles. The van der Waals surface area contributed by atoms with Crippen LogP contribution in [0.1, 0.15) is 40.7 Å². The van der Waals surface area contributed by atoms with E-state index in [1.807, 2.05) is 32.0 Å². The second-order valence-electron chi connectivity index (χ2n) is 4.27. The molecule has 1 amide bonds. The van der Waals surface area contributed by atoms with Gasteiger partial charge in [-0.1, -0.05) is 47.2 Å². The number of benzene rings is 1. The molecule has 0 radical (unpaired) electrons. The highest BCUT2D eigenvalue weighted by Gasteiger charge is 2.10. The van der Waals surface area contributed by atoms with E-state index in [0.717, 1.165) is 29.7 Å². The Morgan fingerprint density at radius 2 is 1.82 bits per heavy atom. The first-order valence-electron chi connectivity index (χ1n) is 6.07. The molecule has 0 bridgehead atoms. The summed E-state index contributed by atoms with van der Waals surface area (Å²) in [7, 11) is 0. The topological polar surface area (TPSA) is 29.1 Å². The molecule has 1 aromatic carbocycles. The average Bonchev–Trinajstić information content (AvgIpc) is 2.28. The van der Waals surface area contributed by atoms with Gasteiger partial charge in [0.15, 0.2) is 0 Å². The third kappa shape index (κ3) is 4.66. The first-order chi connectivity index (χ1) is 8.16. The standard InChI is InChI=1S/C14H20INO/c1-11-7-6-8-12(2)13(11)14(17)16-10-5-3-4-9-15/h6-8H,3-5,9-10H2,1-2H3,(H,16,17). The zero-order valence-electron chi connectivity index (χ0n) is 10.6. The molecule has 94 valence electrons. The first-order valence-corrected chi connectivity index (χ1v) is 7.59. The van der Waals surface area contributed by atoms with E-state index in [1.165, 1.54) is 17.3 Å². The summed E-state index contributed by atoms with van der Waals surface area (Å²) in [6.07, 6.45) is 3.50. The Kier molecular flexibility index (Phi) is 6.55. The molecule has 0 aliphatic heterocycles. The molecule has 1 N–H and O–H groups in total. The van der Waals surface area contributed by atoms with Crippen molar-refractivity contribution >= 4 is 28.5 Å². The third-order valence-electron chi connectivity index (χ3n) is 2.80. The molecule has 17 heavy (non-hydrogen) atoms. The van der Waals surface area contributed by atoms with Gasteiger partial charge in [0.2, 0.25) is 0 Å². The summed E-state index contributed by atoms with van der Waals surface area (Å²) in [6, 6.07) is 5.96. The van der Waals surface area contributed by atoms with E-state index in [-0.39, 0.29) is 5.91 Å². The third-order valence-corrected chi connectivity index (χ3v) is 3.57. The van der Waals surface area contributed by atoms with Crippen LogP contribution in [0.3, 0.4) is 0 Å². The van der Waals surface area contributed by atoms with Crippen molar-refractivity contribution in [2.45, 2.75) is 33.1 Å². The van der Waals surface area contributed by atoms with E-state index >= 15 is 0 Å². The Morgan fingerprint density at radius 3 is 2.41 bits per heavy atom. The zero-order chi connectivity index (χ0) is 12.7. The largest absolute Gasteiger partial charge is 0.352 e. The number of carbonyl (C=O) groups excluding carboxylic acids is 1. The van der Waals surface area contributed by atoms with Crippen LogP contribution in [0.2, 0.25) is 0 Å². The predicted octanol–water partition coefficient (Wildman–Crippen LogP) is 3.64. The average molecular weight is 345 g/mol. The number of amides is 1. The van der Waals surface area contributed by atoms with Crippen molar-refractivity contribution in [3.05, 3.63) is 34.9 Å². The smallest absolute Gasteiger partial charge is 0.251 e. The maximum atomic E-state index is 12.0. The fourth-order valence-corrected chi connectivity index (χ4v) is 2.40. The molecular weight excluding hydrogens is 325 g/mol. The fourth-order valence-electron chi connectivity index (χ4n) is 1.86. The predicted molar refractivity (Wildman–Crippen MR) is 81.0 cm³/mol. The second kappa shape index (κ2) is 7.69. The fraction of sp³-hybridized carbons (Fsp3) is 0.500. The Labute approximate surface area is 117 Å². The molecule has 0 aliphatic rings. The molecule has 0 saturated heterocycles. The maximum absolute atomic E-state index is 12.0. The van der Waals surface area contributed by atoms with Crippen LogP contribution in [0.15, 0.2) is 18.2 Å². The minimum Gasteiger partial charge on any atom is -0.352 e. The highest BCUT2D eigenvalue weighted by Crippen LogP contribution is 2.12. The van der Waals surface area contributed by atoms with Crippen molar-refractivity contribution in [3.63, 3.8) is 0 Å². The molecule has 0 atom stereocenters. The molecule has 3 heteroatoms. The SMILES string of the molecule is Cc1cccc(C)c1C(=O)NCCCCCI. The molecule has 0 heterocycles. The summed E-state index contributed by atoms with van der Waals surface area (Å²) in [6.45, 7) is 4.75. The quantitative estimate of drug-likeness (QED) is 0.476. The first kappa shape index (κ1) is 14.5. The number of carbonyl (C=O) groups is 1. The minimum atomic E-state index is 0.0649. The van der Waals surface area contributed by atoms with E-state index in [2.05, 4.69) is 27.9 Å². The van der Waals surface area contributed by atoms with E-state index in [9.17, 15) is 4.79 Å². The Bertz CT molecular complexity index is 356. The lowest BCUT2D eigenvalue weighted by atomic mass is 10.0. The van der Waals surface area contributed by atoms with Gasteiger partial charge >= 0.3 is 0 Å². The van der Waals surface area contributed by atoms with Gasteiger partial charge in [-0.25, -0.2) is 0 Å². The van der Waals surface area contributed by atoms with Crippen LogP contribution in [-0.2, 0) is 0 Å². The second-order valence-corrected chi connectivity index (χ2v) is 5.35. The van der Waals surface area contributed by atoms with Crippen molar-refractivity contribution < 1.29 is 4.79 Å². The van der Waals surface area contributed by atoms with Gasteiger partial charge in [0.25, 0.3) is 5.91 Å². The van der Waals surface area contributed by atoms with E-state index in [1.54, 1.807) is 0 Å². The molecule has 1 aromatic rings. The van der Waals surface area contributed by atoms with Crippen molar-refractivity contribution in [2.24, 2.45) is 0 Å². The van der Waals surface area contributed by atoms with Crippen LogP contribution >= 0.6 is 22.6 Å². The molecule has 0 aliphatic carbocycles. The molecule has 0 fully saturated rings. The van der Waals surface area contributed by atoms with Crippen LogP contribution in [0.4, 0.5) is 0 Å². The van der Waals surface area contributed by atoms with Gasteiger partial charge in [-0.2, -0.15) is 0 Å². The minimum absolute atomic E-state index is 0.0649. The zero-order valence-corrected chi connectivity index (χ0v) is 12.7. The van der Waals surface area contributed by atoms with Crippen LogP contribution in [0.25, 0.3) is 0 Å². The van der Waals surface area contributed by atoms with Crippen LogP contribution in [0.5, 0.6) is 0 Å². The number of hydrogen-bond acceptors (Lipinski definition) is 1. The van der Waals surface area contributed by atoms with Gasteiger partial charge in [0.05, 0.1) is 0 Å². The number of alkyl halides is 1. The normalized spacial score (nSPS) is 10.3. The van der Waals surface area contributed by atoms with Crippen molar-refractivity contribution in [1.82, 2.24) is 5.32 Å². The number of rotatable bonds is 6. The van der Waals surface area contributed by atoms with E-state index in [0.29, 0.717) is 0 Å². The Balaban J connectivity index is 2.47. The molecular formula is C14H20INO. The monoisotopic (exact) mass is 345 g/mol. The molecule has 2 nitrogen and oxygen atoms in total. The summed E-state index contributed by atoms with van der Waals surface area (Å²) in [4.78, 5) is 12.0. The number of halogens is 1. The number of nitrogens with one attached hydrogen (secondary N) is 1. The summed E-state index contributed by atoms with van der Waals surface area (Å²) >= 11 is 2.38. The van der Waals surface area contributed by atoms with E-state index < -0.39 is 0 Å². The van der Waals surface area contributed by atoms with Crippen LogP contribution < -0.4 is 5.32 Å². The maximum Gasteiger partial charge on any atom is 0.251 e. The van der Waals surface area contributed by atoms with Crippen molar-refractivity contribution in [3.8, 4) is 0 Å². The number of unbranched alkanes of at least 4 members (excludes halogenated alkanes) is 2. The molecule has 0 spiro atoms. The summed E-state index contributed by atoms with van der Waals surface area (Å²) in [5.74, 6) is 0.0649. The Hall–Kier alpha value is -0.580. The van der Waals surface area contributed by atoms with Crippen molar-refractivity contribution in [2.75, 3.05) is 11.0 Å². The van der Waals surface area contributed by atoms with Gasteiger partial charge in [-0.3, -0.25) is 4.79 Å². The van der Waals surface area contributed by atoms with Gasteiger partial charge in [-0.05, 0) is 42.2 Å². The number of aryl methyl sites for hydroxylation is 2. The van der Waals surface area contributed by atoms with Crippen LogP contribution in [0, 0.1) is 13.8 Å². The lowest BCUT2D eigenvalue weighted by Gasteiger charge is -2.10. The molecule has 0 unspecified atom stereocenters. The van der Waals surface area contributed by atoms with Gasteiger partial charge in [0, 0.05) is 12.1 Å². The van der Waals surface area contributed by atoms with Gasteiger partial charge in [-0.15, -0.1) is 0 Å². The summed E-state index contributed by atoms with van der Waals surface area (Å²) in [5.41, 5.74) is 2.94.